The van der Waals surface area contributed by atoms with Crippen LogP contribution in [-0.4, -0.2) is 20.1 Å². The van der Waals surface area contributed by atoms with Crippen molar-refractivity contribution in [3.05, 3.63) is 28.6 Å². The largest absolute Gasteiger partial charge is 0.439 e. The third-order valence-corrected chi connectivity index (χ3v) is 1.46. The lowest BCUT2D eigenvalue weighted by Gasteiger charge is -1.93. The molecule has 0 aliphatic carbocycles. The third-order valence-electron chi connectivity index (χ3n) is 1.46. The van der Waals surface area contributed by atoms with Crippen LogP contribution in [-0.2, 0) is 0 Å². The Kier molecular flexibility index (Phi) is 1.66. The second-order valence-electron chi connectivity index (χ2n) is 2.43. The second-order valence-corrected chi connectivity index (χ2v) is 2.43. The van der Waals surface area contributed by atoms with Crippen LogP contribution in [0.4, 0.5) is 0 Å². The fourth-order valence-electron chi connectivity index (χ4n) is 0.928. The van der Waals surface area contributed by atoms with E-state index in [0.29, 0.717) is 17.3 Å². The van der Waals surface area contributed by atoms with Crippen molar-refractivity contribution in [1.29, 1.82) is 0 Å². The number of nitrogens with one attached hydrogen (secondary N) is 1. The number of nitrogens with zero attached hydrogens (tertiary/aromatic N) is 3. The Morgan fingerprint density at radius 3 is 3.00 bits per heavy atom. The van der Waals surface area contributed by atoms with E-state index in [1.165, 1.54) is 0 Å². The molecule has 0 fully saturated rings. The van der Waals surface area contributed by atoms with E-state index in [-0.39, 0.29) is 0 Å². The van der Waals surface area contributed by atoms with Gasteiger partial charge in [0.1, 0.15) is 11.5 Å². The van der Waals surface area contributed by atoms with Crippen molar-refractivity contribution in [3.63, 3.8) is 0 Å². The summed E-state index contributed by atoms with van der Waals surface area (Å²) in [7, 11) is 0. The first-order chi connectivity index (χ1) is 6.25. The van der Waals surface area contributed by atoms with E-state index in [9.17, 15) is 4.79 Å². The molecule has 6 heteroatoms. The molecule has 2 rings (SSSR count). The van der Waals surface area contributed by atoms with Gasteiger partial charge in [0.25, 0.3) is 0 Å². The minimum atomic E-state index is -0.591. The van der Waals surface area contributed by atoms with Crippen LogP contribution in [0.15, 0.2) is 21.6 Å². The van der Waals surface area contributed by atoms with Gasteiger partial charge in [0.15, 0.2) is 0 Å². The summed E-state index contributed by atoms with van der Waals surface area (Å²) in [6.07, 6.45) is 1.59. The molecule has 0 aliphatic heterocycles. The molecule has 2 aromatic rings. The summed E-state index contributed by atoms with van der Waals surface area (Å²) in [6.45, 7) is 1.75. The summed E-state index contributed by atoms with van der Waals surface area (Å²) >= 11 is 0. The zero-order chi connectivity index (χ0) is 9.26. The van der Waals surface area contributed by atoms with Gasteiger partial charge in [-0.2, -0.15) is 0 Å². The van der Waals surface area contributed by atoms with Crippen LogP contribution in [0.2, 0.25) is 0 Å². The average Bonchev–Trinajstić information content (AvgIpc) is 2.52. The molecule has 2 heterocycles. The van der Waals surface area contributed by atoms with Crippen molar-refractivity contribution in [1.82, 2.24) is 20.1 Å². The highest BCUT2D eigenvalue weighted by Gasteiger charge is 2.04. The molecule has 1 N–H and O–H groups in total. The fraction of sp³-hybridized carbons (Fsp3) is 0.143. The number of rotatable bonds is 1. The maximum atomic E-state index is 10.6. The van der Waals surface area contributed by atoms with Crippen molar-refractivity contribution >= 4 is 0 Å². The first-order valence-corrected chi connectivity index (χ1v) is 3.62. The van der Waals surface area contributed by atoms with Crippen molar-refractivity contribution in [2.24, 2.45) is 0 Å². The first kappa shape index (κ1) is 7.66. The maximum absolute atomic E-state index is 10.6. The number of hydrogen-bond donors (Lipinski definition) is 1. The van der Waals surface area contributed by atoms with Gasteiger partial charge in [-0.05, 0) is 13.0 Å². The minimum Gasteiger partial charge on any atom is -0.296 e. The normalized spacial score (nSPS) is 10.2. The Morgan fingerprint density at radius 2 is 2.38 bits per heavy atom. The Balaban J connectivity index is 2.52. The molecule has 0 aromatic carbocycles. The molecule has 0 spiro atoms. The van der Waals surface area contributed by atoms with Gasteiger partial charge in [-0.3, -0.25) is 9.51 Å². The summed E-state index contributed by atoms with van der Waals surface area (Å²) in [5.74, 6) is 0.336. The lowest BCUT2D eigenvalue weighted by Crippen LogP contribution is -1.96. The fourth-order valence-corrected chi connectivity index (χ4v) is 0.928. The van der Waals surface area contributed by atoms with E-state index in [0.717, 1.165) is 0 Å². The number of aromatic amines is 1. The standard InChI is InChI=1S/C7H6N4O2/c1-4-8-3-2-5(9-4)6-10-7(12)13-11-6/h2-3H,1H3,(H,10,11,12). The predicted octanol–water partition coefficient (Wildman–Crippen LogP) is 0.128. The molecular weight excluding hydrogens is 172 g/mol. The summed E-state index contributed by atoms with van der Waals surface area (Å²) in [5.41, 5.74) is 0.540. The van der Waals surface area contributed by atoms with Crippen LogP contribution < -0.4 is 5.76 Å². The predicted molar refractivity (Wildman–Crippen MR) is 42.9 cm³/mol. The molecule has 0 saturated carbocycles. The lowest BCUT2D eigenvalue weighted by molar-refractivity contribution is 0.387. The summed E-state index contributed by atoms with van der Waals surface area (Å²) in [4.78, 5) is 21.0. The van der Waals surface area contributed by atoms with Crippen LogP contribution >= 0.6 is 0 Å². The van der Waals surface area contributed by atoms with Gasteiger partial charge in [0, 0.05) is 6.20 Å². The SMILES string of the molecule is Cc1nccc(-c2noc(=O)[nH]2)n1. The molecule has 0 atom stereocenters. The second kappa shape index (κ2) is 2.81. The molecule has 0 amide bonds. The molecule has 6 nitrogen and oxygen atoms in total. The molecule has 0 saturated heterocycles. The highest BCUT2D eigenvalue weighted by molar-refractivity contribution is 5.46. The molecule has 0 radical (unpaired) electrons. The Hall–Kier alpha value is -1.98. The maximum Gasteiger partial charge on any atom is 0.439 e. The van der Waals surface area contributed by atoms with Gasteiger partial charge in [-0.15, -0.1) is 0 Å². The van der Waals surface area contributed by atoms with E-state index in [1.807, 2.05) is 0 Å². The van der Waals surface area contributed by atoms with Crippen LogP contribution in [0, 0.1) is 6.92 Å². The quantitative estimate of drug-likeness (QED) is 0.670. The first-order valence-electron chi connectivity index (χ1n) is 3.62. The van der Waals surface area contributed by atoms with E-state index in [2.05, 4.69) is 24.6 Å². The molecule has 0 unspecified atom stereocenters. The highest BCUT2D eigenvalue weighted by Crippen LogP contribution is 2.07. The summed E-state index contributed by atoms with van der Waals surface area (Å²) < 4.78 is 4.34. The minimum absolute atomic E-state index is 0.315. The number of hydrogen-bond acceptors (Lipinski definition) is 5. The van der Waals surface area contributed by atoms with E-state index >= 15 is 0 Å². The molecule has 0 bridgehead atoms. The van der Waals surface area contributed by atoms with Crippen molar-refractivity contribution < 1.29 is 4.52 Å². The van der Waals surface area contributed by atoms with Crippen molar-refractivity contribution in [2.75, 3.05) is 0 Å². The zero-order valence-electron chi connectivity index (χ0n) is 6.81. The van der Waals surface area contributed by atoms with Crippen molar-refractivity contribution in [3.8, 4) is 11.5 Å². The van der Waals surface area contributed by atoms with Crippen LogP contribution in [0.3, 0.4) is 0 Å². The monoisotopic (exact) mass is 178 g/mol. The Morgan fingerprint density at radius 1 is 1.54 bits per heavy atom. The van der Waals surface area contributed by atoms with Crippen molar-refractivity contribution in [2.45, 2.75) is 6.92 Å². The lowest BCUT2D eigenvalue weighted by atomic mass is 10.4. The molecular formula is C7H6N4O2. The molecule has 2 aromatic heterocycles. The van der Waals surface area contributed by atoms with E-state index in [4.69, 9.17) is 0 Å². The van der Waals surface area contributed by atoms with Crippen LogP contribution in [0.1, 0.15) is 5.82 Å². The number of aryl methyl sites for hydroxylation is 1. The van der Waals surface area contributed by atoms with Gasteiger partial charge in [-0.25, -0.2) is 14.8 Å². The van der Waals surface area contributed by atoms with Crippen LogP contribution in [0.25, 0.3) is 11.5 Å². The molecule has 0 aliphatic rings. The van der Waals surface area contributed by atoms with Gasteiger partial charge in [-0.1, -0.05) is 5.16 Å². The molecule has 66 valence electrons. The average molecular weight is 178 g/mol. The summed E-state index contributed by atoms with van der Waals surface area (Å²) in [5, 5.41) is 3.49. The van der Waals surface area contributed by atoms with Gasteiger partial charge in [0.2, 0.25) is 5.82 Å². The van der Waals surface area contributed by atoms with Gasteiger partial charge >= 0.3 is 5.76 Å². The Labute approximate surface area is 72.6 Å². The van der Waals surface area contributed by atoms with E-state index < -0.39 is 5.76 Å². The topological polar surface area (TPSA) is 84.7 Å². The number of aromatic nitrogens is 4. The Bertz CT molecular complexity index is 473. The third kappa shape index (κ3) is 1.46. The van der Waals surface area contributed by atoms with Gasteiger partial charge < -0.3 is 0 Å². The van der Waals surface area contributed by atoms with E-state index in [1.54, 1.807) is 19.2 Å². The highest BCUT2D eigenvalue weighted by atomic mass is 16.5. The zero-order valence-corrected chi connectivity index (χ0v) is 6.81. The number of H-pyrrole nitrogens is 1. The summed E-state index contributed by atoms with van der Waals surface area (Å²) in [6, 6.07) is 1.64. The van der Waals surface area contributed by atoms with Crippen LogP contribution in [0.5, 0.6) is 0 Å². The van der Waals surface area contributed by atoms with Gasteiger partial charge in [0.05, 0.1) is 0 Å². The molecule has 13 heavy (non-hydrogen) atoms. The smallest absolute Gasteiger partial charge is 0.296 e.